The van der Waals surface area contributed by atoms with Crippen molar-refractivity contribution in [2.75, 3.05) is 19.7 Å². The molecule has 1 N–H and O–H groups in total. The van der Waals surface area contributed by atoms with Crippen LogP contribution in [0.5, 0.6) is 5.75 Å². The number of aryl methyl sites for hydroxylation is 1. The average molecular weight is 511 g/mol. The molecule has 2 atom stereocenters. The second-order valence-corrected chi connectivity index (χ2v) is 12.6. The highest BCUT2D eigenvalue weighted by molar-refractivity contribution is 7.19. The minimum atomic E-state index is -0.211. The standard InChI is InChI=1S/C26H27ClN4O3S/c1-13-5-14(27)6-16(21(13)34-11-26(4)9-28-10-26)20-22-17(29-12-30-20)7-15(35-22)8-31-23(32)18-19(24(31)33)25(18,2)3/h5-7,12,18-19,28H,8-11H2,1-4H3. The summed E-state index contributed by atoms with van der Waals surface area (Å²) >= 11 is 7.96. The van der Waals surface area contributed by atoms with Gasteiger partial charge in [-0.15, -0.1) is 11.3 Å². The molecule has 6 rings (SSSR count). The molecule has 3 aromatic rings. The number of aromatic nitrogens is 2. The number of benzene rings is 1. The van der Waals surface area contributed by atoms with Gasteiger partial charge in [0.2, 0.25) is 11.8 Å². The Labute approximate surface area is 212 Å². The molecule has 2 saturated heterocycles. The van der Waals surface area contributed by atoms with Crippen LogP contribution in [0.25, 0.3) is 21.5 Å². The van der Waals surface area contributed by atoms with Crippen molar-refractivity contribution in [3.63, 3.8) is 0 Å². The number of carbonyl (C=O) groups excluding carboxylic acids is 2. The molecule has 182 valence electrons. The number of piperidine rings is 1. The number of nitrogens with zero attached hydrogens (tertiary/aromatic N) is 3. The van der Waals surface area contributed by atoms with E-state index in [0.29, 0.717) is 11.6 Å². The first-order valence-electron chi connectivity index (χ1n) is 11.8. The number of ether oxygens (including phenoxy) is 1. The highest BCUT2D eigenvalue weighted by Gasteiger charge is 2.72. The van der Waals surface area contributed by atoms with Crippen molar-refractivity contribution in [1.29, 1.82) is 0 Å². The van der Waals surface area contributed by atoms with E-state index in [1.165, 1.54) is 22.6 Å². The first-order chi connectivity index (χ1) is 16.6. The molecule has 2 aromatic heterocycles. The highest BCUT2D eigenvalue weighted by atomic mass is 35.5. The van der Waals surface area contributed by atoms with E-state index in [4.69, 9.17) is 16.3 Å². The van der Waals surface area contributed by atoms with E-state index >= 15 is 0 Å². The number of thiophene rings is 1. The summed E-state index contributed by atoms with van der Waals surface area (Å²) in [5.74, 6) is 0.288. The normalized spacial score (nSPS) is 24.0. The van der Waals surface area contributed by atoms with Crippen molar-refractivity contribution >= 4 is 45.0 Å². The second-order valence-electron chi connectivity index (χ2n) is 11.0. The number of likely N-dealkylation sites (tertiary alicyclic amines) is 1. The summed E-state index contributed by atoms with van der Waals surface area (Å²) in [6.07, 6.45) is 1.54. The van der Waals surface area contributed by atoms with E-state index < -0.39 is 0 Å². The molecule has 0 bridgehead atoms. The molecule has 0 radical (unpaired) electrons. The average Bonchev–Trinajstić information content (AvgIpc) is 3.03. The molecular formula is C26H27ClN4O3S. The van der Waals surface area contributed by atoms with Gasteiger partial charge in [-0.05, 0) is 36.1 Å². The lowest BCUT2D eigenvalue weighted by atomic mass is 9.85. The topological polar surface area (TPSA) is 84.4 Å². The van der Waals surface area contributed by atoms with Crippen LogP contribution in [0, 0.1) is 29.6 Å². The van der Waals surface area contributed by atoms with Crippen molar-refractivity contribution < 1.29 is 14.3 Å². The van der Waals surface area contributed by atoms with E-state index in [1.54, 1.807) is 0 Å². The predicted molar refractivity (Wildman–Crippen MR) is 135 cm³/mol. The lowest BCUT2D eigenvalue weighted by Gasteiger charge is -2.39. The smallest absolute Gasteiger partial charge is 0.234 e. The molecule has 2 unspecified atom stereocenters. The highest BCUT2D eigenvalue weighted by Crippen LogP contribution is 2.63. The maximum absolute atomic E-state index is 12.8. The molecule has 2 aliphatic heterocycles. The van der Waals surface area contributed by atoms with Gasteiger partial charge in [-0.2, -0.15) is 0 Å². The Kier molecular flexibility index (Phi) is 5.05. The van der Waals surface area contributed by atoms with Gasteiger partial charge in [0.15, 0.2) is 0 Å². The van der Waals surface area contributed by atoms with Gasteiger partial charge >= 0.3 is 0 Å². The molecule has 4 heterocycles. The molecule has 0 spiro atoms. The summed E-state index contributed by atoms with van der Waals surface area (Å²) < 4.78 is 7.24. The second kappa shape index (κ2) is 7.72. The maximum Gasteiger partial charge on any atom is 0.234 e. The first kappa shape index (κ1) is 22.9. The zero-order valence-electron chi connectivity index (χ0n) is 20.1. The van der Waals surface area contributed by atoms with Crippen molar-refractivity contribution in [2.45, 2.75) is 34.2 Å². The number of amides is 2. The number of halogens is 1. The van der Waals surface area contributed by atoms with E-state index in [-0.39, 0.29) is 41.0 Å². The number of hydrogen-bond donors (Lipinski definition) is 1. The monoisotopic (exact) mass is 510 g/mol. The van der Waals surface area contributed by atoms with Crippen molar-refractivity contribution in [3.05, 3.63) is 40.0 Å². The molecular weight excluding hydrogens is 484 g/mol. The Morgan fingerprint density at radius 1 is 1.14 bits per heavy atom. The third-order valence-corrected chi connectivity index (χ3v) is 9.06. The van der Waals surface area contributed by atoms with Gasteiger partial charge in [-0.3, -0.25) is 14.5 Å². The lowest BCUT2D eigenvalue weighted by molar-refractivity contribution is -0.143. The minimum absolute atomic E-state index is 0.0612. The number of hydrogen-bond acceptors (Lipinski definition) is 7. The third kappa shape index (κ3) is 3.57. The van der Waals surface area contributed by atoms with Gasteiger partial charge in [-0.25, -0.2) is 9.97 Å². The van der Waals surface area contributed by atoms with E-state index in [0.717, 1.165) is 50.8 Å². The Hall–Kier alpha value is -2.55. The van der Waals surface area contributed by atoms with Crippen LogP contribution in [-0.4, -0.2) is 46.4 Å². The maximum atomic E-state index is 12.8. The summed E-state index contributed by atoms with van der Waals surface area (Å²) in [6.45, 7) is 10.9. The van der Waals surface area contributed by atoms with Gasteiger partial charge in [0.1, 0.15) is 12.1 Å². The van der Waals surface area contributed by atoms with Gasteiger partial charge < -0.3 is 10.1 Å². The van der Waals surface area contributed by atoms with Gasteiger partial charge in [-0.1, -0.05) is 32.4 Å². The molecule has 3 aliphatic rings. The summed E-state index contributed by atoms with van der Waals surface area (Å²) in [5, 5.41) is 3.92. The van der Waals surface area contributed by atoms with Crippen molar-refractivity contribution in [3.8, 4) is 17.0 Å². The van der Waals surface area contributed by atoms with E-state index in [2.05, 4.69) is 22.2 Å². The molecule has 35 heavy (non-hydrogen) atoms. The fourth-order valence-electron chi connectivity index (χ4n) is 5.49. The largest absolute Gasteiger partial charge is 0.492 e. The molecule has 1 saturated carbocycles. The van der Waals surface area contributed by atoms with Gasteiger partial charge in [0.05, 0.1) is 40.9 Å². The first-order valence-corrected chi connectivity index (χ1v) is 13.0. The van der Waals surface area contributed by atoms with Crippen LogP contribution < -0.4 is 10.1 Å². The van der Waals surface area contributed by atoms with Crippen molar-refractivity contribution in [2.24, 2.45) is 22.7 Å². The zero-order valence-corrected chi connectivity index (χ0v) is 21.7. The zero-order chi connectivity index (χ0) is 24.7. The number of imide groups is 1. The number of rotatable bonds is 6. The molecule has 3 fully saturated rings. The van der Waals surface area contributed by atoms with Crippen LogP contribution >= 0.6 is 22.9 Å². The minimum Gasteiger partial charge on any atom is -0.492 e. The Morgan fingerprint density at radius 2 is 1.86 bits per heavy atom. The number of nitrogens with one attached hydrogen (secondary N) is 1. The fourth-order valence-corrected chi connectivity index (χ4v) is 6.86. The molecule has 2 amide bonds. The Bertz CT molecular complexity index is 1370. The molecule has 7 nitrogen and oxygen atoms in total. The van der Waals surface area contributed by atoms with Crippen LogP contribution in [0.4, 0.5) is 0 Å². The van der Waals surface area contributed by atoms with Crippen LogP contribution in [0.2, 0.25) is 5.02 Å². The van der Waals surface area contributed by atoms with Gasteiger partial charge in [0, 0.05) is 34.0 Å². The predicted octanol–water partition coefficient (Wildman–Crippen LogP) is 4.45. The fraction of sp³-hybridized carbons (Fsp3) is 0.462. The molecule has 1 aliphatic carbocycles. The number of carbonyl (C=O) groups is 2. The third-order valence-electron chi connectivity index (χ3n) is 7.73. The summed E-state index contributed by atoms with van der Waals surface area (Å²) in [5.41, 5.74) is 3.18. The van der Waals surface area contributed by atoms with Gasteiger partial charge in [0.25, 0.3) is 0 Å². The molecule has 9 heteroatoms. The summed E-state index contributed by atoms with van der Waals surface area (Å²) in [7, 11) is 0. The summed E-state index contributed by atoms with van der Waals surface area (Å²) in [4.78, 5) is 37.0. The van der Waals surface area contributed by atoms with Crippen LogP contribution in [-0.2, 0) is 16.1 Å². The molecule has 1 aromatic carbocycles. The lowest BCUT2D eigenvalue weighted by Crippen LogP contribution is -2.54. The summed E-state index contributed by atoms with van der Waals surface area (Å²) in [6, 6.07) is 5.73. The SMILES string of the molecule is Cc1cc(Cl)cc(-c2ncnc3cc(CN4C(=O)C5C(C4=O)C5(C)C)sc23)c1OCC1(C)CNC1. The van der Waals surface area contributed by atoms with E-state index in [1.807, 2.05) is 39.0 Å². The van der Waals surface area contributed by atoms with Crippen LogP contribution in [0.3, 0.4) is 0 Å². The van der Waals surface area contributed by atoms with Crippen molar-refractivity contribution in [1.82, 2.24) is 20.2 Å². The van der Waals surface area contributed by atoms with E-state index in [9.17, 15) is 9.59 Å². The quantitative estimate of drug-likeness (QED) is 0.493. The Balaban J connectivity index is 1.34. The van der Waals surface area contributed by atoms with Crippen LogP contribution in [0.15, 0.2) is 24.5 Å². The number of fused-ring (bicyclic) bond motifs is 2. The Morgan fingerprint density at radius 3 is 2.51 bits per heavy atom. The van der Waals surface area contributed by atoms with Crippen LogP contribution in [0.1, 0.15) is 31.2 Å².